The number of piperidine rings is 1. The summed E-state index contributed by atoms with van der Waals surface area (Å²) in [5.41, 5.74) is 2.66. The Bertz CT molecular complexity index is 889. The first-order valence-corrected chi connectivity index (χ1v) is 10.4. The van der Waals surface area contributed by atoms with Crippen LogP contribution in [0.1, 0.15) is 36.6 Å². The molecule has 0 radical (unpaired) electrons. The SMILES string of the molecule is Cc1ccn(C/C=C2\CN(C(C(=O)C3CC3)c3ccccc3F)CCC2S)n1. The fourth-order valence-electron chi connectivity index (χ4n) is 3.91. The Balaban J connectivity index is 1.58. The second kappa shape index (κ2) is 8.21. The van der Waals surface area contributed by atoms with Gasteiger partial charge in [-0.15, -0.1) is 0 Å². The van der Waals surface area contributed by atoms with Crippen LogP contribution in [0.2, 0.25) is 0 Å². The minimum atomic E-state index is -0.509. The fraction of sp³-hybridized carbons (Fsp3) is 0.455. The summed E-state index contributed by atoms with van der Waals surface area (Å²) in [5.74, 6) is -0.0605. The molecule has 2 aliphatic rings. The third kappa shape index (κ3) is 4.23. The Labute approximate surface area is 170 Å². The Morgan fingerprint density at radius 2 is 2.11 bits per heavy atom. The maximum atomic E-state index is 14.6. The molecule has 2 unspecified atom stereocenters. The van der Waals surface area contributed by atoms with E-state index in [1.165, 1.54) is 11.6 Å². The van der Waals surface area contributed by atoms with E-state index in [1.807, 2.05) is 29.9 Å². The Morgan fingerprint density at radius 3 is 2.79 bits per heavy atom. The molecule has 4 nitrogen and oxygen atoms in total. The largest absolute Gasteiger partial charge is 0.297 e. The second-order valence-corrected chi connectivity index (χ2v) is 8.46. The first-order valence-electron chi connectivity index (χ1n) is 9.92. The third-order valence-corrected chi connectivity index (χ3v) is 6.22. The van der Waals surface area contributed by atoms with Gasteiger partial charge in [-0.2, -0.15) is 17.7 Å². The molecule has 1 aliphatic heterocycles. The van der Waals surface area contributed by atoms with Gasteiger partial charge < -0.3 is 0 Å². The van der Waals surface area contributed by atoms with Crippen LogP contribution >= 0.6 is 12.6 Å². The zero-order valence-electron chi connectivity index (χ0n) is 16.1. The van der Waals surface area contributed by atoms with Crippen LogP contribution in [0.15, 0.2) is 48.2 Å². The van der Waals surface area contributed by atoms with Crippen LogP contribution in [0.3, 0.4) is 0 Å². The molecule has 0 amide bonds. The van der Waals surface area contributed by atoms with Crippen molar-refractivity contribution >= 4 is 18.4 Å². The summed E-state index contributed by atoms with van der Waals surface area (Å²) >= 11 is 4.75. The third-order valence-electron chi connectivity index (χ3n) is 5.63. The van der Waals surface area contributed by atoms with Crippen molar-refractivity contribution in [2.45, 2.75) is 44.0 Å². The lowest BCUT2D eigenvalue weighted by molar-refractivity contribution is -0.126. The number of hydrogen-bond acceptors (Lipinski definition) is 4. The lowest BCUT2D eigenvalue weighted by Gasteiger charge is -2.37. The summed E-state index contributed by atoms with van der Waals surface area (Å²) in [4.78, 5) is 15.2. The summed E-state index contributed by atoms with van der Waals surface area (Å²) < 4.78 is 16.5. The molecule has 4 rings (SSSR count). The highest BCUT2D eigenvalue weighted by atomic mass is 32.1. The van der Waals surface area contributed by atoms with Crippen LogP contribution in [0.5, 0.6) is 0 Å². The van der Waals surface area contributed by atoms with Crippen LogP contribution in [0.4, 0.5) is 4.39 Å². The van der Waals surface area contributed by atoms with Gasteiger partial charge in [-0.05, 0) is 43.9 Å². The van der Waals surface area contributed by atoms with E-state index in [0.717, 1.165) is 31.5 Å². The summed E-state index contributed by atoms with van der Waals surface area (Å²) in [7, 11) is 0. The predicted molar refractivity (Wildman–Crippen MR) is 111 cm³/mol. The number of carbonyl (C=O) groups is 1. The van der Waals surface area contributed by atoms with Gasteiger partial charge in [0.1, 0.15) is 5.82 Å². The maximum Gasteiger partial charge on any atom is 0.157 e. The molecule has 1 aromatic heterocycles. The van der Waals surface area contributed by atoms with Crippen LogP contribution in [0.25, 0.3) is 0 Å². The van der Waals surface area contributed by atoms with Gasteiger partial charge in [-0.3, -0.25) is 14.4 Å². The normalized spacial score (nSPS) is 23.1. The maximum absolute atomic E-state index is 14.6. The van der Waals surface area contributed by atoms with Gasteiger partial charge in [0.2, 0.25) is 0 Å². The van der Waals surface area contributed by atoms with E-state index in [9.17, 15) is 9.18 Å². The lowest BCUT2D eigenvalue weighted by Crippen LogP contribution is -2.42. The molecule has 0 bridgehead atoms. The topological polar surface area (TPSA) is 38.1 Å². The first-order chi connectivity index (χ1) is 13.5. The molecule has 1 saturated heterocycles. The van der Waals surface area contributed by atoms with Crippen LogP contribution in [-0.4, -0.2) is 38.8 Å². The molecule has 2 aromatic rings. The standard InChI is InChI=1S/C22H26FN3OS/c1-15-8-12-26(24-15)13-9-17-14-25(11-10-20(17)28)21(22(27)16-6-7-16)18-4-2-3-5-19(18)23/h2-5,8-9,12,16,20-21,28H,6-7,10-11,13-14H2,1H3/b17-9+. The summed E-state index contributed by atoms with van der Waals surface area (Å²) in [6, 6.07) is 8.16. The zero-order chi connectivity index (χ0) is 19.7. The van der Waals surface area contributed by atoms with E-state index < -0.39 is 6.04 Å². The highest BCUT2D eigenvalue weighted by Crippen LogP contribution is 2.39. The number of likely N-dealkylation sites (tertiary alicyclic amines) is 1. The van der Waals surface area contributed by atoms with Crippen molar-refractivity contribution in [1.82, 2.24) is 14.7 Å². The average Bonchev–Trinajstić information content (AvgIpc) is 3.45. The fourth-order valence-corrected chi connectivity index (χ4v) is 4.21. The van der Waals surface area contributed by atoms with E-state index >= 15 is 0 Å². The minimum absolute atomic E-state index is 0.0813. The zero-order valence-corrected chi connectivity index (χ0v) is 17.0. The number of aryl methyl sites for hydroxylation is 1. The van der Waals surface area contributed by atoms with E-state index in [-0.39, 0.29) is 22.8 Å². The molecular formula is C22H26FN3OS. The van der Waals surface area contributed by atoms with Crippen molar-refractivity contribution in [3.8, 4) is 0 Å². The monoisotopic (exact) mass is 399 g/mol. The van der Waals surface area contributed by atoms with Crippen LogP contribution in [-0.2, 0) is 11.3 Å². The number of halogens is 1. The van der Waals surface area contributed by atoms with Gasteiger partial charge >= 0.3 is 0 Å². The van der Waals surface area contributed by atoms with Crippen LogP contribution in [0, 0.1) is 18.7 Å². The smallest absolute Gasteiger partial charge is 0.157 e. The minimum Gasteiger partial charge on any atom is -0.297 e. The molecule has 148 valence electrons. The number of Topliss-reactive ketones (excluding diaryl/α,β-unsaturated/α-hetero) is 1. The second-order valence-electron chi connectivity index (χ2n) is 7.83. The van der Waals surface area contributed by atoms with Crippen molar-refractivity contribution in [2.75, 3.05) is 13.1 Å². The molecule has 1 aliphatic carbocycles. The lowest BCUT2D eigenvalue weighted by atomic mass is 9.93. The van der Waals surface area contributed by atoms with Crippen molar-refractivity contribution in [2.24, 2.45) is 5.92 Å². The molecule has 28 heavy (non-hydrogen) atoms. The molecule has 1 saturated carbocycles. The number of hydrogen-bond donors (Lipinski definition) is 1. The van der Waals surface area contributed by atoms with Crippen molar-refractivity contribution in [1.29, 1.82) is 0 Å². The highest BCUT2D eigenvalue weighted by molar-refractivity contribution is 7.81. The number of carbonyl (C=O) groups excluding carboxylic acids is 1. The van der Waals surface area contributed by atoms with Gasteiger partial charge in [0, 0.05) is 36.0 Å². The number of benzene rings is 1. The molecule has 2 atom stereocenters. The Morgan fingerprint density at radius 1 is 1.32 bits per heavy atom. The summed E-state index contributed by atoms with van der Waals surface area (Å²) in [6.45, 7) is 4.01. The Kier molecular flexibility index (Phi) is 5.69. The molecule has 6 heteroatoms. The molecule has 0 N–H and O–H groups in total. The Hall–Kier alpha value is -1.92. The van der Waals surface area contributed by atoms with Gasteiger partial charge in [0.05, 0.1) is 18.3 Å². The van der Waals surface area contributed by atoms with E-state index in [1.54, 1.807) is 12.1 Å². The first kappa shape index (κ1) is 19.4. The quantitative estimate of drug-likeness (QED) is 0.590. The summed E-state index contributed by atoms with van der Waals surface area (Å²) in [5, 5.41) is 4.58. The molecule has 1 aromatic carbocycles. The highest BCUT2D eigenvalue weighted by Gasteiger charge is 2.40. The van der Waals surface area contributed by atoms with Crippen molar-refractivity contribution in [3.63, 3.8) is 0 Å². The van der Waals surface area contributed by atoms with Crippen LogP contribution < -0.4 is 0 Å². The molecular weight excluding hydrogens is 373 g/mol. The van der Waals surface area contributed by atoms with E-state index in [4.69, 9.17) is 12.6 Å². The van der Waals surface area contributed by atoms with Gasteiger partial charge in [-0.25, -0.2) is 4.39 Å². The van der Waals surface area contributed by atoms with E-state index in [0.29, 0.717) is 18.7 Å². The number of thiol groups is 1. The summed E-state index contributed by atoms with van der Waals surface area (Å²) in [6.07, 6.45) is 6.80. The van der Waals surface area contributed by atoms with Crippen molar-refractivity contribution < 1.29 is 9.18 Å². The molecule has 2 heterocycles. The number of ketones is 1. The van der Waals surface area contributed by atoms with Gasteiger partial charge in [0.25, 0.3) is 0 Å². The van der Waals surface area contributed by atoms with Gasteiger partial charge in [-0.1, -0.05) is 24.3 Å². The number of rotatable bonds is 6. The van der Waals surface area contributed by atoms with Gasteiger partial charge in [0.15, 0.2) is 5.78 Å². The van der Waals surface area contributed by atoms with Crippen molar-refractivity contribution in [3.05, 3.63) is 65.3 Å². The average molecular weight is 400 g/mol. The van der Waals surface area contributed by atoms with E-state index in [2.05, 4.69) is 16.1 Å². The number of aromatic nitrogens is 2. The number of nitrogens with zero attached hydrogens (tertiary/aromatic N) is 3. The number of allylic oxidation sites excluding steroid dienone is 1. The molecule has 2 fully saturated rings. The predicted octanol–water partition coefficient (Wildman–Crippen LogP) is 3.98. The molecule has 0 spiro atoms.